The van der Waals surface area contributed by atoms with Crippen molar-refractivity contribution in [1.82, 2.24) is 10.6 Å². The van der Waals surface area contributed by atoms with E-state index in [9.17, 15) is 14.4 Å². The molecule has 34 heavy (non-hydrogen) atoms. The second-order valence-electron chi connectivity index (χ2n) is 9.44. The molecular weight excluding hydrogens is 430 g/mol. The third-order valence-electron chi connectivity index (χ3n) is 6.21. The maximum absolute atomic E-state index is 12.6. The van der Waals surface area contributed by atoms with E-state index in [4.69, 9.17) is 17.2 Å². The van der Waals surface area contributed by atoms with Crippen molar-refractivity contribution < 1.29 is 14.4 Å². The molecule has 0 heterocycles. The van der Waals surface area contributed by atoms with E-state index in [1.54, 1.807) is 0 Å². The molecule has 200 valence electrons. The minimum Gasteiger partial charge on any atom is -0.368 e. The van der Waals surface area contributed by atoms with Crippen LogP contribution in [-0.2, 0) is 14.4 Å². The van der Waals surface area contributed by atoms with Gasteiger partial charge in [0.05, 0.1) is 0 Å². The van der Waals surface area contributed by atoms with Crippen LogP contribution in [0.25, 0.3) is 0 Å². The molecule has 0 radical (unpaired) electrons. The van der Waals surface area contributed by atoms with Gasteiger partial charge in [-0.1, -0.05) is 84.0 Å². The van der Waals surface area contributed by atoms with Gasteiger partial charge < -0.3 is 27.8 Å². The van der Waals surface area contributed by atoms with Crippen LogP contribution >= 0.6 is 0 Å². The number of unbranched alkanes of at least 4 members (excludes halogenated alkanes) is 12. The Morgan fingerprint density at radius 2 is 1.06 bits per heavy atom. The number of rotatable bonds is 24. The van der Waals surface area contributed by atoms with Gasteiger partial charge in [-0.3, -0.25) is 14.4 Å². The van der Waals surface area contributed by atoms with Crippen LogP contribution in [0.15, 0.2) is 0 Å². The Morgan fingerprint density at radius 3 is 1.50 bits per heavy atom. The molecule has 8 nitrogen and oxygen atoms in total. The molecule has 0 aromatic carbocycles. The monoisotopic (exact) mass is 483 g/mol. The fourth-order valence-electron chi connectivity index (χ4n) is 4.04. The van der Waals surface area contributed by atoms with Crippen LogP contribution in [-0.4, -0.2) is 42.9 Å². The standard InChI is InChI=1S/C26H53N5O3/c1-2-3-4-5-6-7-8-9-10-11-12-13-14-19-24(32)30-23(18-16-21-28)26(34)31-22(25(29)33)17-15-20-27/h22-23H,2-21,27-28H2,1H3,(H2,29,33)(H,30,32)(H,31,34). The molecule has 2 unspecified atom stereocenters. The Morgan fingerprint density at radius 1 is 0.618 bits per heavy atom. The number of nitrogens with two attached hydrogens (primary N) is 3. The van der Waals surface area contributed by atoms with Crippen molar-refractivity contribution in [1.29, 1.82) is 0 Å². The van der Waals surface area contributed by atoms with E-state index < -0.39 is 23.9 Å². The van der Waals surface area contributed by atoms with Gasteiger partial charge in [0, 0.05) is 6.42 Å². The molecule has 0 bridgehead atoms. The first kappa shape index (κ1) is 32.3. The van der Waals surface area contributed by atoms with Gasteiger partial charge in [0.15, 0.2) is 0 Å². The Kier molecular flexibility index (Phi) is 22.0. The summed E-state index contributed by atoms with van der Waals surface area (Å²) < 4.78 is 0. The molecule has 8 heteroatoms. The van der Waals surface area contributed by atoms with Crippen molar-refractivity contribution in [3.05, 3.63) is 0 Å². The molecule has 2 atom stereocenters. The normalized spacial score (nSPS) is 12.8. The van der Waals surface area contributed by atoms with E-state index in [1.807, 2.05) is 0 Å². The predicted molar refractivity (Wildman–Crippen MR) is 140 cm³/mol. The van der Waals surface area contributed by atoms with Crippen LogP contribution in [0, 0.1) is 0 Å². The summed E-state index contributed by atoms with van der Waals surface area (Å²) in [5.74, 6) is -1.14. The number of hydrogen-bond acceptors (Lipinski definition) is 5. The Labute approximate surface area is 207 Å². The van der Waals surface area contributed by atoms with Gasteiger partial charge in [0.2, 0.25) is 17.7 Å². The van der Waals surface area contributed by atoms with E-state index >= 15 is 0 Å². The average molecular weight is 484 g/mol. The highest BCUT2D eigenvalue weighted by Gasteiger charge is 2.24. The summed E-state index contributed by atoms with van der Waals surface area (Å²) in [6.07, 6.45) is 18.7. The highest BCUT2D eigenvalue weighted by Crippen LogP contribution is 2.13. The summed E-state index contributed by atoms with van der Waals surface area (Å²) >= 11 is 0. The highest BCUT2D eigenvalue weighted by molar-refractivity contribution is 5.91. The number of amides is 3. The van der Waals surface area contributed by atoms with Gasteiger partial charge in [-0.25, -0.2) is 0 Å². The summed E-state index contributed by atoms with van der Waals surface area (Å²) in [6.45, 7) is 3.08. The summed E-state index contributed by atoms with van der Waals surface area (Å²) in [5, 5.41) is 5.47. The molecule has 0 spiro atoms. The fraction of sp³-hybridized carbons (Fsp3) is 0.885. The van der Waals surface area contributed by atoms with Crippen LogP contribution in [0.3, 0.4) is 0 Å². The zero-order valence-corrected chi connectivity index (χ0v) is 21.8. The first-order chi connectivity index (χ1) is 16.5. The summed E-state index contributed by atoms with van der Waals surface area (Å²) in [5.41, 5.74) is 16.5. The molecule has 0 fully saturated rings. The maximum atomic E-state index is 12.6. The summed E-state index contributed by atoms with van der Waals surface area (Å²) in [6, 6.07) is -1.49. The molecule has 0 aromatic heterocycles. The number of hydrogen-bond donors (Lipinski definition) is 5. The molecule has 0 aliphatic rings. The lowest BCUT2D eigenvalue weighted by molar-refractivity contribution is -0.131. The molecule has 3 amide bonds. The van der Waals surface area contributed by atoms with E-state index in [0.717, 1.165) is 19.3 Å². The first-order valence-corrected chi connectivity index (χ1v) is 13.7. The van der Waals surface area contributed by atoms with Crippen LogP contribution in [0.1, 0.15) is 122 Å². The molecule has 0 aromatic rings. The minimum absolute atomic E-state index is 0.141. The van der Waals surface area contributed by atoms with Gasteiger partial charge in [-0.05, 0) is 45.2 Å². The van der Waals surface area contributed by atoms with Crippen molar-refractivity contribution in [2.24, 2.45) is 17.2 Å². The number of carbonyl (C=O) groups excluding carboxylic acids is 3. The summed E-state index contributed by atoms with van der Waals surface area (Å²) in [7, 11) is 0. The van der Waals surface area contributed by atoms with E-state index in [1.165, 1.54) is 64.2 Å². The largest absolute Gasteiger partial charge is 0.368 e. The number of nitrogens with one attached hydrogen (secondary N) is 2. The fourth-order valence-corrected chi connectivity index (χ4v) is 4.04. The predicted octanol–water partition coefficient (Wildman–Crippen LogP) is 3.40. The smallest absolute Gasteiger partial charge is 0.243 e. The molecule has 0 aliphatic heterocycles. The molecule has 0 saturated heterocycles. The Bertz CT molecular complexity index is 531. The third-order valence-corrected chi connectivity index (χ3v) is 6.21. The molecular formula is C26H53N5O3. The topological polar surface area (TPSA) is 153 Å². The van der Waals surface area contributed by atoms with E-state index in [0.29, 0.717) is 45.2 Å². The lowest BCUT2D eigenvalue weighted by atomic mass is 10.0. The van der Waals surface area contributed by atoms with Crippen molar-refractivity contribution in [3.63, 3.8) is 0 Å². The SMILES string of the molecule is CCCCCCCCCCCCCCCC(=O)NC(CCCN)C(=O)NC(CCCN)C(N)=O. The molecule has 0 saturated carbocycles. The number of primary amides is 1. The zero-order valence-electron chi connectivity index (χ0n) is 21.8. The van der Waals surface area contributed by atoms with Crippen LogP contribution in [0.4, 0.5) is 0 Å². The molecule has 8 N–H and O–H groups in total. The lowest BCUT2D eigenvalue weighted by Crippen LogP contribution is -2.53. The van der Waals surface area contributed by atoms with E-state index in [-0.39, 0.29) is 5.91 Å². The van der Waals surface area contributed by atoms with Gasteiger partial charge >= 0.3 is 0 Å². The highest BCUT2D eigenvalue weighted by atomic mass is 16.2. The van der Waals surface area contributed by atoms with Gasteiger partial charge in [-0.15, -0.1) is 0 Å². The van der Waals surface area contributed by atoms with Gasteiger partial charge in [-0.2, -0.15) is 0 Å². The second-order valence-corrected chi connectivity index (χ2v) is 9.44. The van der Waals surface area contributed by atoms with Crippen molar-refractivity contribution in [3.8, 4) is 0 Å². The van der Waals surface area contributed by atoms with Gasteiger partial charge in [0.25, 0.3) is 0 Å². The average Bonchev–Trinajstić information content (AvgIpc) is 2.81. The lowest BCUT2D eigenvalue weighted by Gasteiger charge is -2.22. The van der Waals surface area contributed by atoms with Crippen LogP contribution in [0.2, 0.25) is 0 Å². The zero-order chi connectivity index (χ0) is 25.4. The van der Waals surface area contributed by atoms with E-state index in [2.05, 4.69) is 17.6 Å². The quantitative estimate of drug-likeness (QED) is 0.133. The molecule has 0 aliphatic carbocycles. The summed E-state index contributed by atoms with van der Waals surface area (Å²) in [4.78, 5) is 36.6. The van der Waals surface area contributed by atoms with Gasteiger partial charge in [0.1, 0.15) is 12.1 Å². The van der Waals surface area contributed by atoms with Crippen molar-refractivity contribution >= 4 is 17.7 Å². The van der Waals surface area contributed by atoms with Crippen LogP contribution < -0.4 is 27.8 Å². The minimum atomic E-state index is -0.783. The van der Waals surface area contributed by atoms with Crippen LogP contribution in [0.5, 0.6) is 0 Å². The second kappa shape index (κ2) is 23.1. The Hall–Kier alpha value is -1.67. The molecule has 0 rings (SSSR count). The Balaban J connectivity index is 4.07. The third kappa shape index (κ3) is 18.7. The van der Waals surface area contributed by atoms with Crippen molar-refractivity contribution in [2.75, 3.05) is 13.1 Å². The maximum Gasteiger partial charge on any atom is 0.243 e. The van der Waals surface area contributed by atoms with Crippen molar-refractivity contribution in [2.45, 2.75) is 135 Å². The number of carbonyl (C=O) groups is 3. The first-order valence-electron chi connectivity index (χ1n) is 13.7.